The summed E-state index contributed by atoms with van der Waals surface area (Å²) in [5, 5.41) is 0. The summed E-state index contributed by atoms with van der Waals surface area (Å²) in [5.41, 5.74) is 0.154. The highest BCUT2D eigenvalue weighted by Gasteiger charge is 2.32. The molecule has 1 saturated carbocycles. The minimum atomic E-state index is -4.31. The van der Waals surface area contributed by atoms with Gasteiger partial charge in [-0.25, -0.2) is 0 Å². The summed E-state index contributed by atoms with van der Waals surface area (Å²) in [7, 11) is 0. The Morgan fingerprint density at radius 1 is 1.32 bits per heavy atom. The van der Waals surface area contributed by atoms with Gasteiger partial charge in [-0.1, -0.05) is 0 Å². The van der Waals surface area contributed by atoms with Crippen molar-refractivity contribution in [3.8, 4) is 0 Å². The first-order valence-corrected chi connectivity index (χ1v) is 7.45. The average Bonchev–Trinajstić information content (AvgIpc) is 2.24. The highest BCUT2D eigenvalue weighted by molar-refractivity contribution is 9.10. The molecule has 0 saturated heterocycles. The van der Waals surface area contributed by atoms with Gasteiger partial charge in [0.15, 0.2) is 0 Å². The normalized spacial score (nSPS) is 16.3. The Labute approximate surface area is 123 Å². The van der Waals surface area contributed by atoms with Crippen LogP contribution in [0.1, 0.15) is 24.8 Å². The molecule has 1 aromatic carbocycles. The first-order chi connectivity index (χ1) is 8.93. The summed E-state index contributed by atoms with van der Waals surface area (Å²) in [4.78, 5) is 2.10. The van der Waals surface area contributed by atoms with E-state index >= 15 is 0 Å². The van der Waals surface area contributed by atoms with Crippen molar-refractivity contribution in [3.63, 3.8) is 0 Å². The van der Waals surface area contributed by atoms with Gasteiger partial charge in [-0.2, -0.15) is 13.2 Å². The second-order valence-corrected chi connectivity index (χ2v) is 5.86. The molecular formula is C13H14BrClF3N. The lowest BCUT2D eigenvalue weighted by Gasteiger charge is -2.39. The molecule has 0 atom stereocenters. The van der Waals surface area contributed by atoms with Crippen LogP contribution >= 0.6 is 27.5 Å². The van der Waals surface area contributed by atoms with Crippen LogP contribution in [0.5, 0.6) is 0 Å². The summed E-state index contributed by atoms with van der Waals surface area (Å²) >= 11 is 9.04. The van der Waals surface area contributed by atoms with Crippen molar-refractivity contribution >= 4 is 33.2 Å². The van der Waals surface area contributed by atoms with Crippen molar-refractivity contribution in [3.05, 3.63) is 28.2 Å². The van der Waals surface area contributed by atoms with Gasteiger partial charge in [-0.05, 0) is 53.4 Å². The maximum Gasteiger partial charge on any atom is 0.416 e. The summed E-state index contributed by atoms with van der Waals surface area (Å²) in [6.45, 7) is 0.649. The van der Waals surface area contributed by atoms with Crippen molar-refractivity contribution < 1.29 is 13.2 Å². The van der Waals surface area contributed by atoms with E-state index in [1.807, 2.05) is 0 Å². The number of halogens is 5. The SMILES string of the molecule is FC(F)(F)c1ccc(N(CCCl)C2CCC2)c(Br)c1. The van der Waals surface area contributed by atoms with E-state index in [2.05, 4.69) is 20.8 Å². The fourth-order valence-electron chi connectivity index (χ4n) is 2.21. The zero-order chi connectivity index (χ0) is 14.0. The lowest BCUT2D eigenvalue weighted by molar-refractivity contribution is -0.137. The molecule has 0 bridgehead atoms. The smallest absolute Gasteiger partial charge is 0.366 e. The van der Waals surface area contributed by atoms with Crippen LogP contribution in [0.2, 0.25) is 0 Å². The van der Waals surface area contributed by atoms with E-state index in [9.17, 15) is 13.2 Å². The quantitative estimate of drug-likeness (QED) is 0.681. The minimum absolute atomic E-state index is 0.395. The van der Waals surface area contributed by atoms with Gasteiger partial charge in [0.2, 0.25) is 0 Å². The largest absolute Gasteiger partial charge is 0.416 e. The molecule has 1 aliphatic carbocycles. The number of nitrogens with zero attached hydrogens (tertiary/aromatic N) is 1. The summed E-state index contributed by atoms with van der Waals surface area (Å²) in [5.74, 6) is 0.462. The Hall–Kier alpha value is -0.420. The maximum atomic E-state index is 12.6. The van der Waals surface area contributed by atoms with E-state index < -0.39 is 11.7 Å². The third-order valence-electron chi connectivity index (χ3n) is 3.43. The van der Waals surface area contributed by atoms with Gasteiger partial charge in [-0.15, -0.1) is 11.6 Å². The van der Waals surface area contributed by atoms with Crippen LogP contribution in [0.3, 0.4) is 0 Å². The molecule has 6 heteroatoms. The molecule has 0 N–H and O–H groups in total. The fourth-order valence-corrected chi connectivity index (χ4v) is 2.99. The lowest BCUT2D eigenvalue weighted by Crippen LogP contribution is -2.41. The zero-order valence-electron chi connectivity index (χ0n) is 10.2. The fraction of sp³-hybridized carbons (Fsp3) is 0.538. The summed E-state index contributed by atoms with van der Waals surface area (Å²) in [6.07, 6.45) is -0.995. The molecule has 1 aliphatic rings. The number of anilines is 1. The molecule has 0 radical (unpaired) electrons. The molecule has 0 spiro atoms. The van der Waals surface area contributed by atoms with Crippen LogP contribution in [0.25, 0.3) is 0 Å². The predicted molar refractivity (Wildman–Crippen MR) is 74.8 cm³/mol. The van der Waals surface area contributed by atoms with Crippen molar-refractivity contribution in [2.45, 2.75) is 31.5 Å². The van der Waals surface area contributed by atoms with Crippen LogP contribution < -0.4 is 4.90 Å². The average molecular weight is 357 g/mol. The van der Waals surface area contributed by atoms with E-state index in [1.54, 1.807) is 0 Å². The van der Waals surface area contributed by atoms with Gasteiger partial charge in [0.05, 0.1) is 11.3 Å². The van der Waals surface area contributed by atoms with E-state index in [0.717, 1.165) is 30.7 Å². The molecule has 1 nitrogen and oxygen atoms in total. The zero-order valence-corrected chi connectivity index (χ0v) is 12.5. The number of rotatable bonds is 4. The first kappa shape index (κ1) is 15.0. The molecule has 0 aromatic heterocycles. The van der Waals surface area contributed by atoms with Crippen LogP contribution in [0, 0.1) is 0 Å². The van der Waals surface area contributed by atoms with Crippen LogP contribution in [0.4, 0.5) is 18.9 Å². The van der Waals surface area contributed by atoms with E-state index in [-0.39, 0.29) is 0 Å². The van der Waals surface area contributed by atoms with E-state index in [4.69, 9.17) is 11.6 Å². The van der Waals surface area contributed by atoms with Crippen molar-refractivity contribution in [1.29, 1.82) is 0 Å². The number of benzene rings is 1. The summed E-state index contributed by atoms with van der Waals surface area (Å²) < 4.78 is 38.4. The van der Waals surface area contributed by atoms with Gasteiger partial charge in [-0.3, -0.25) is 0 Å². The molecule has 0 unspecified atom stereocenters. The maximum absolute atomic E-state index is 12.6. The van der Waals surface area contributed by atoms with Crippen LogP contribution in [-0.2, 0) is 6.18 Å². The monoisotopic (exact) mass is 355 g/mol. The van der Waals surface area contributed by atoms with Gasteiger partial charge >= 0.3 is 6.18 Å². The third kappa shape index (κ3) is 3.37. The topological polar surface area (TPSA) is 3.24 Å². The number of alkyl halides is 4. The molecule has 1 aromatic rings. The molecule has 0 heterocycles. The first-order valence-electron chi connectivity index (χ1n) is 6.13. The van der Waals surface area contributed by atoms with Gasteiger partial charge < -0.3 is 4.90 Å². The van der Waals surface area contributed by atoms with Crippen molar-refractivity contribution in [1.82, 2.24) is 0 Å². The second-order valence-electron chi connectivity index (χ2n) is 4.63. The highest BCUT2D eigenvalue weighted by atomic mass is 79.9. The molecule has 1 fully saturated rings. The standard InChI is InChI=1S/C13H14BrClF3N/c14-11-8-9(13(16,17)18)4-5-12(11)19(7-6-15)10-2-1-3-10/h4-5,8,10H,1-3,6-7H2. The van der Waals surface area contributed by atoms with Crippen LogP contribution in [-0.4, -0.2) is 18.5 Å². The highest BCUT2D eigenvalue weighted by Crippen LogP contribution is 2.38. The van der Waals surface area contributed by atoms with Gasteiger partial charge in [0.25, 0.3) is 0 Å². The Bertz CT molecular complexity index is 446. The summed E-state index contributed by atoms with van der Waals surface area (Å²) in [6, 6.07) is 4.18. The second kappa shape index (κ2) is 5.92. The number of hydrogen-bond acceptors (Lipinski definition) is 1. The number of hydrogen-bond donors (Lipinski definition) is 0. The van der Waals surface area contributed by atoms with Gasteiger partial charge in [0, 0.05) is 22.9 Å². The van der Waals surface area contributed by atoms with Crippen molar-refractivity contribution in [2.75, 3.05) is 17.3 Å². The Kier molecular flexibility index (Phi) is 4.66. The van der Waals surface area contributed by atoms with Crippen molar-refractivity contribution in [2.24, 2.45) is 0 Å². The van der Waals surface area contributed by atoms with E-state index in [1.165, 1.54) is 12.5 Å². The Balaban J connectivity index is 2.27. The van der Waals surface area contributed by atoms with E-state index in [0.29, 0.717) is 22.9 Å². The molecule has 19 heavy (non-hydrogen) atoms. The lowest BCUT2D eigenvalue weighted by atomic mass is 9.91. The molecular weight excluding hydrogens is 343 g/mol. The van der Waals surface area contributed by atoms with Gasteiger partial charge in [0.1, 0.15) is 0 Å². The Morgan fingerprint density at radius 2 is 2.00 bits per heavy atom. The molecule has 106 valence electrons. The molecule has 0 aliphatic heterocycles. The third-order valence-corrected chi connectivity index (χ3v) is 4.23. The minimum Gasteiger partial charge on any atom is -0.366 e. The molecule has 2 rings (SSSR count). The Morgan fingerprint density at radius 3 is 2.42 bits per heavy atom. The molecule has 0 amide bonds. The van der Waals surface area contributed by atoms with Crippen LogP contribution in [0.15, 0.2) is 22.7 Å². The predicted octanol–water partition coefficient (Wildman–Crippen LogP) is 5.07.